The van der Waals surface area contributed by atoms with Gasteiger partial charge in [-0.05, 0) is 44.2 Å². The van der Waals surface area contributed by atoms with E-state index in [1.807, 2.05) is 0 Å². The van der Waals surface area contributed by atoms with E-state index in [0.29, 0.717) is 11.6 Å². The van der Waals surface area contributed by atoms with Gasteiger partial charge in [0.25, 0.3) is 0 Å². The van der Waals surface area contributed by atoms with Crippen molar-refractivity contribution in [1.29, 1.82) is 0 Å². The van der Waals surface area contributed by atoms with Gasteiger partial charge in [-0.2, -0.15) is 0 Å². The number of nitrogens with zero attached hydrogens (tertiary/aromatic N) is 1. The molecule has 0 bridgehead atoms. The molecule has 2 aliphatic rings. The predicted molar refractivity (Wildman–Crippen MR) is 75.3 cm³/mol. The van der Waals surface area contributed by atoms with E-state index in [4.69, 9.17) is 5.73 Å². The van der Waals surface area contributed by atoms with Crippen LogP contribution in [0.25, 0.3) is 0 Å². The fourth-order valence-corrected chi connectivity index (χ4v) is 3.86. The summed E-state index contributed by atoms with van der Waals surface area (Å²) in [7, 11) is 0. The quantitative estimate of drug-likeness (QED) is 0.866. The van der Waals surface area contributed by atoms with E-state index in [0.717, 1.165) is 6.54 Å². The lowest BCUT2D eigenvalue weighted by atomic mass is 9.84. The second-order valence-electron chi connectivity index (χ2n) is 6.09. The highest BCUT2D eigenvalue weighted by atomic mass is 15.2. The van der Waals surface area contributed by atoms with Gasteiger partial charge >= 0.3 is 0 Å². The number of hydrogen-bond donors (Lipinski definition) is 1. The molecule has 98 valence electrons. The van der Waals surface area contributed by atoms with Crippen LogP contribution in [0.1, 0.15) is 44.1 Å². The highest BCUT2D eigenvalue weighted by Gasteiger charge is 2.43. The van der Waals surface area contributed by atoms with Gasteiger partial charge in [0.2, 0.25) is 0 Å². The van der Waals surface area contributed by atoms with Crippen molar-refractivity contribution >= 4 is 0 Å². The van der Waals surface area contributed by atoms with Gasteiger partial charge in [-0.3, -0.25) is 4.90 Å². The molecule has 0 amide bonds. The molecule has 1 aliphatic carbocycles. The van der Waals surface area contributed by atoms with Crippen molar-refractivity contribution in [2.75, 3.05) is 6.54 Å². The molecule has 2 atom stereocenters. The standard InChI is InChI=1S/C16H24N2/c17-15-8-10-16(12-15)9-4-5-11-18(16)13-14-6-2-1-3-7-14/h1-3,6-7,15H,4-5,8-13,17H2. The molecule has 3 rings (SSSR count). The van der Waals surface area contributed by atoms with E-state index >= 15 is 0 Å². The summed E-state index contributed by atoms with van der Waals surface area (Å²) in [6, 6.07) is 11.3. The summed E-state index contributed by atoms with van der Waals surface area (Å²) in [5, 5.41) is 0. The molecule has 1 aromatic rings. The smallest absolute Gasteiger partial charge is 0.0239 e. The van der Waals surface area contributed by atoms with Crippen LogP contribution in [-0.4, -0.2) is 23.0 Å². The van der Waals surface area contributed by atoms with Crippen LogP contribution in [-0.2, 0) is 6.54 Å². The topological polar surface area (TPSA) is 29.3 Å². The van der Waals surface area contributed by atoms with E-state index in [1.165, 1.54) is 50.6 Å². The maximum absolute atomic E-state index is 6.17. The molecule has 1 saturated carbocycles. The summed E-state index contributed by atoms with van der Waals surface area (Å²) >= 11 is 0. The first kappa shape index (κ1) is 12.2. The Morgan fingerprint density at radius 3 is 2.72 bits per heavy atom. The van der Waals surface area contributed by atoms with Crippen molar-refractivity contribution in [1.82, 2.24) is 4.90 Å². The molecule has 2 fully saturated rings. The number of rotatable bonds is 2. The van der Waals surface area contributed by atoms with Gasteiger partial charge in [0, 0.05) is 18.1 Å². The minimum Gasteiger partial charge on any atom is -0.328 e. The third kappa shape index (κ3) is 2.32. The van der Waals surface area contributed by atoms with Gasteiger partial charge in [0.1, 0.15) is 0 Å². The molecule has 2 N–H and O–H groups in total. The zero-order chi connectivity index (χ0) is 12.4. The predicted octanol–water partition coefficient (Wildman–Crippen LogP) is 2.92. The maximum atomic E-state index is 6.17. The molecule has 1 aliphatic heterocycles. The van der Waals surface area contributed by atoms with Crippen LogP contribution in [0, 0.1) is 0 Å². The molecule has 1 saturated heterocycles. The Kier molecular flexibility index (Phi) is 3.40. The molecule has 0 aromatic heterocycles. The Bertz CT molecular complexity index is 385. The SMILES string of the molecule is NC1CCC2(CCCCN2Cc2ccccc2)C1. The summed E-state index contributed by atoms with van der Waals surface area (Å²) in [5.41, 5.74) is 8.04. The lowest BCUT2D eigenvalue weighted by Gasteiger charge is -2.45. The molecule has 2 heteroatoms. The van der Waals surface area contributed by atoms with Crippen LogP contribution < -0.4 is 5.73 Å². The van der Waals surface area contributed by atoms with Crippen LogP contribution in [0.5, 0.6) is 0 Å². The van der Waals surface area contributed by atoms with Crippen LogP contribution in [0.15, 0.2) is 30.3 Å². The highest BCUT2D eigenvalue weighted by molar-refractivity contribution is 5.16. The zero-order valence-corrected chi connectivity index (χ0v) is 11.1. The summed E-state index contributed by atoms with van der Waals surface area (Å²) in [5.74, 6) is 0. The molecule has 1 aromatic carbocycles. The van der Waals surface area contributed by atoms with Crippen LogP contribution in [0.4, 0.5) is 0 Å². The van der Waals surface area contributed by atoms with Gasteiger partial charge in [0.15, 0.2) is 0 Å². The number of benzene rings is 1. The zero-order valence-electron chi connectivity index (χ0n) is 11.1. The Balaban J connectivity index is 1.76. The normalized spacial score (nSPS) is 33.1. The molecular formula is C16H24N2. The average molecular weight is 244 g/mol. The van der Waals surface area contributed by atoms with E-state index in [1.54, 1.807) is 0 Å². The lowest BCUT2D eigenvalue weighted by Crippen LogP contribution is -2.50. The third-order valence-corrected chi connectivity index (χ3v) is 4.83. The molecule has 2 nitrogen and oxygen atoms in total. The summed E-state index contributed by atoms with van der Waals surface area (Å²) in [4.78, 5) is 2.72. The van der Waals surface area contributed by atoms with E-state index < -0.39 is 0 Å². The molecule has 0 radical (unpaired) electrons. The first-order valence-corrected chi connectivity index (χ1v) is 7.33. The van der Waals surface area contributed by atoms with Gasteiger partial charge in [-0.1, -0.05) is 36.8 Å². The fourth-order valence-electron chi connectivity index (χ4n) is 3.86. The van der Waals surface area contributed by atoms with Crippen molar-refractivity contribution in [3.8, 4) is 0 Å². The van der Waals surface area contributed by atoms with Crippen LogP contribution >= 0.6 is 0 Å². The van der Waals surface area contributed by atoms with Gasteiger partial charge in [-0.15, -0.1) is 0 Å². The summed E-state index contributed by atoms with van der Waals surface area (Å²) in [6.45, 7) is 2.36. The first-order chi connectivity index (χ1) is 8.78. The van der Waals surface area contributed by atoms with Crippen molar-refractivity contribution in [3.05, 3.63) is 35.9 Å². The monoisotopic (exact) mass is 244 g/mol. The van der Waals surface area contributed by atoms with Crippen molar-refractivity contribution in [2.45, 2.75) is 56.7 Å². The minimum atomic E-state index is 0.424. The molecule has 1 spiro atoms. The Hall–Kier alpha value is -0.860. The van der Waals surface area contributed by atoms with Crippen molar-refractivity contribution in [2.24, 2.45) is 5.73 Å². The summed E-state index contributed by atoms with van der Waals surface area (Å²) < 4.78 is 0. The van der Waals surface area contributed by atoms with Gasteiger partial charge in [0.05, 0.1) is 0 Å². The molecule has 2 unspecified atom stereocenters. The highest BCUT2D eigenvalue weighted by Crippen LogP contribution is 2.42. The van der Waals surface area contributed by atoms with E-state index in [-0.39, 0.29) is 0 Å². The summed E-state index contributed by atoms with van der Waals surface area (Å²) in [6.07, 6.45) is 7.82. The third-order valence-electron chi connectivity index (χ3n) is 4.83. The van der Waals surface area contributed by atoms with Crippen molar-refractivity contribution in [3.63, 3.8) is 0 Å². The Morgan fingerprint density at radius 2 is 2.00 bits per heavy atom. The molecular weight excluding hydrogens is 220 g/mol. The Labute approximate surface area is 110 Å². The number of nitrogens with two attached hydrogens (primary N) is 1. The molecule has 18 heavy (non-hydrogen) atoms. The molecule has 1 heterocycles. The number of piperidine rings is 1. The van der Waals surface area contributed by atoms with Gasteiger partial charge in [-0.25, -0.2) is 0 Å². The van der Waals surface area contributed by atoms with E-state index in [9.17, 15) is 0 Å². The van der Waals surface area contributed by atoms with E-state index in [2.05, 4.69) is 35.2 Å². The average Bonchev–Trinajstić information content (AvgIpc) is 2.76. The second-order valence-corrected chi connectivity index (χ2v) is 6.09. The first-order valence-electron chi connectivity index (χ1n) is 7.33. The van der Waals surface area contributed by atoms with Crippen LogP contribution in [0.3, 0.4) is 0 Å². The Morgan fingerprint density at radius 1 is 1.17 bits per heavy atom. The largest absolute Gasteiger partial charge is 0.328 e. The number of hydrogen-bond acceptors (Lipinski definition) is 2. The van der Waals surface area contributed by atoms with Gasteiger partial charge < -0.3 is 5.73 Å². The van der Waals surface area contributed by atoms with Crippen molar-refractivity contribution < 1.29 is 0 Å². The fraction of sp³-hybridized carbons (Fsp3) is 0.625. The van der Waals surface area contributed by atoms with Crippen LogP contribution in [0.2, 0.25) is 0 Å². The minimum absolute atomic E-state index is 0.424. The number of likely N-dealkylation sites (tertiary alicyclic amines) is 1. The maximum Gasteiger partial charge on any atom is 0.0239 e. The second kappa shape index (κ2) is 5.02. The lowest BCUT2D eigenvalue weighted by molar-refractivity contribution is 0.0428.